The van der Waals surface area contributed by atoms with Crippen molar-refractivity contribution in [3.63, 3.8) is 0 Å². The molecule has 1 saturated carbocycles. The molecule has 0 spiro atoms. The second-order valence-electron chi connectivity index (χ2n) is 6.66. The Hall–Kier alpha value is -0.830. The molecule has 1 aromatic heterocycles. The summed E-state index contributed by atoms with van der Waals surface area (Å²) in [5.74, 6) is 1.74. The van der Waals surface area contributed by atoms with Crippen LogP contribution in [0.15, 0.2) is 6.07 Å². The van der Waals surface area contributed by atoms with Crippen molar-refractivity contribution in [3.05, 3.63) is 17.5 Å². The van der Waals surface area contributed by atoms with Crippen molar-refractivity contribution in [2.24, 2.45) is 18.9 Å². The van der Waals surface area contributed by atoms with Gasteiger partial charge in [0.2, 0.25) is 0 Å². The number of aryl methyl sites for hydroxylation is 2. The Kier molecular flexibility index (Phi) is 6.28. The van der Waals surface area contributed by atoms with E-state index in [-0.39, 0.29) is 0 Å². The van der Waals surface area contributed by atoms with E-state index in [0.29, 0.717) is 6.04 Å². The Bertz CT molecular complexity index is 416. The Morgan fingerprint density at radius 2 is 1.95 bits per heavy atom. The van der Waals surface area contributed by atoms with Crippen LogP contribution in [-0.2, 0) is 13.5 Å². The first kappa shape index (κ1) is 16.5. The van der Waals surface area contributed by atoms with E-state index in [2.05, 4.69) is 49.0 Å². The minimum Gasteiger partial charge on any atom is -0.308 e. The molecule has 1 atom stereocenters. The minimum absolute atomic E-state index is 0.487. The smallest absolute Gasteiger partial charge is 0.0625 e. The van der Waals surface area contributed by atoms with E-state index in [0.717, 1.165) is 24.8 Å². The highest BCUT2D eigenvalue weighted by atomic mass is 15.3. The molecule has 3 heteroatoms. The lowest BCUT2D eigenvalue weighted by Gasteiger charge is -2.34. The maximum absolute atomic E-state index is 4.66. The van der Waals surface area contributed by atoms with Gasteiger partial charge in [0.1, 0.15) is 0 Å². The third-order valence-corrected chi connectivity index (χ3v) is 5.20. The fraction of sp³-hybridized carbons (Fsp3) is 0.833. The van der Waals surface area contributed by atoms with Crippen molar-refractivity contribution in [2.45, 2.75) is 71.8 Å². The molecule has 1 aliphatic rings. The third-order valence-electron chi connectivity index (χ3n) is 5.20. The van der Waals surface area contributed by atoms with Crippen LogP contribution in [0.2, 0.25) is 0 Å². The number of hydrogen-bond donors (Lipinski definition) is 1. The van der Waals surface area contributed by atoms with Crippen molar-refractivity contribution in [1.82, 2.24) is 15.1 Å². The number of aromatic nitrogens is 2. The quantitative estimate of drug-likeness (QED) is 0.814. The van der Waals surface area contributed by atoms with Crippen LogP contribution in [0.4, 0.5) is 0 Å². The molecule has 120 valence electrons. The van der Waals surface area contributed by atoms with E-state index in [1.807, 2.05) is 0 Å². The lowest BCUT2D eigenvalue weighted by atomic mass is 9.76. The normalized spacial score (nSPS) is 24.2. The summed E-state index contributed by atoms with van der Waals surface area (Å²) in [6.07, 6.45) is 9.12. The van der Waals surface area contributed by atoms with Crippen molar-refractivity contribution in [2.75, 3.05) is 6.54 Å². The number of rotatable bonds is 7. The van der Waals surface area contributed by atoms with E-state index in [1.54, 1.807) is 0 Å². The molecule has 0 saturated heterocycles. The molecular weight excluding hydrogens is 258 g/mol. The van der Waals surface area contributed by atoms with Crippen LogP contribution in [0.25, 0.3) is 0 Å². The maximum Gasteiger partial charge on any atom is 0.0625 e. The van der Waals surface area contributed by atoms with Gasteiger partial charge in [-0.25, -0.2) is 0 Å². The van der Waals surface area contributed by atoms with Gasteiger partial charge in [0.15, 0.2) is 0 Å². The Morgan fingerprint density at radius 3 is 2.48 bits per heavy atom. The van der Waals surface area contributed by atoms with E-state index in [9.17, 15) is 0 Å². The summed E-state index contributed by atoms with van der Waals surface area (Å²) in [4.78, 5) is 0. The van der Waals surface area contributed by atoms with Crippen LogP contribution in [0.1, 0.15) is 76.7 Å². The first-order chi connectivity index (χ1) is 10.2. The Morgan fingerprint density at radius 1 is 1.24 bits per heavy atom. The van der Waals surface area contributed by atoms with Crippen molar-refractivity contribution in [1.29, 1.82) is 0 Å². The van der Waals surface area contributed by atoms with Crippen LogP contribution in [0.5, 0.6) is 0 Å². The fourth-order valence-electron chi connectivity index (χ4n) is 3.75. The molecule has 3 nitrogen and oxygen atoms in total. The molecule has 0 aliphatic heterocycles. The SMILES string of the molecule is CCCNC(c1cc(CC)nn1C)C1CCC(CC)CC1. The predicted molar refractivity (Wildman–Crippen MR) is 89.4 cm³/mol. The summed E-state index contributed by atoms with van der Waals surface area (Å²) in [6.45, 7) is 7.88. The Labute approximate surface area is 130 Å². The first-order valence-electron chi connectivity index (χ1n) is 8.95. The summed E-state index contributed by atoms with van der Waals surface area (Å²) in [5, 5.41) is 8.47. The number of hydrogen-bond acceptors (Lipinski definition) is 2. The lowest BCUT2D eigenvalue weighted by Crippen LogP contribution is -2.33. The molecule has 1 unspecified atom stereocenters. The molecule has 1 aliphatic carbocycles. The average molecular weight is 291 g/mol. The molecule has 0 amide bonds. The van der Waals surface area contributed by atoms with Crippen LogP contribution in [0, 0.1) is 11.8 Å². The van der Waals surface area contributed by atoms with Crippen LogP contribution >= 0.6 is 0 Å². The zero-order valence-electron chi connectivity index (χ0n) is 14.4. The van der Waals surface area contributed by atoms with E-state index < -0.39 is 0 Å². The van der Waals surface area contributed by atoms with Crippen molar-refractivity contribution >= 4 is 0 Å². The third kappa shape index (κ3) is 4.09. The molecule has 1 N–H and O–H groups in total. The fourth-order valence-corrected chi connectivity index (χ4v) is 3.75. The van der Waals surface area contributed by atoms with Gasteiger partial charge in [-0.3, -0.25) is 4.68 Å². The average Bonchev–Trinajstić information content (AvgIpc) is 2.89. The maximum atomic E-state index is 4.66. The topological polar surface area (TPSA) is 29.9 Å². The zero-order chi connectivity index (χ0) is 15.2. The molecule has 1 aromatic rings. The van der Waals surface area contributed by atoms with E-state index in [4.69, 9.17) is 0 Å². The van der Waals surface area contributed by atoms with Crippen LogP contribution in [-0.4, -0.2) is 16.3 Å². The van der Waals surface area contributed by atoms with Gasteiger partial charge in [0.05, 0.1) is 17.4 Å². The largest absolute Gasteiger partial charge is 0.308 e. The standard InChI is InChI=1S/C18H33N3/c1-5-12-19-18(15-10-8-14(6-2)9-11-15)17-13-16(7-3)20-21(17)4/h13-15,18-19H,5-12H2,1-4H3. The molecule has 0 radical (unpaired) electrons. The lowest BCUT2D eigenvalue weighted by molar-refractivity contribution is 0.213. The summed E-state index contributed by atoms with van der Waals surface area (Å²) >= 11 is 0. The van der Waals surface area contributed by atoms with Gasteiger partial charge in [-0.05, 0) is 50.1 Å². The minimum atomic E-state index is 0.487. The van der Waals surface area contributed by atoms with Crippen LogP contribution < -0.4 is 5.32 Å². The molecular formula is C18H33N3. The Balaban J connectivity index is 2.12. The van der Waals surface area contributed by atoms with Crippen molar-refractivity contribution < 1.29 is 0 Å². The van der Waals surface area contributed by atoms with Gasteiger partial charge >= 0.3 is 0 Å². The van der Waals surface area contributed by atoms with Gasteiger partial charge in [0, 0.05) is 7.05 Å². The first-order valence-corrected chi connectivity index (χ1v) is 8.95. The zero-order valence-corrected chi connectivity index (χ0v) is 14.4. The van der Waals surface area contributed by atoms with Gasteiger partial charge < -0.3 is 5.32 Å². The highest BCUT2D eigenvalue weighted by Gasteiger charge is 2.29. The van der Waals surface area contributed by atoms with Gasteiger partial charge in [0.25, 0.3) is 0 Å². The van der Waals surface area contributed by atoms with Gasteiger partial charge in [-0.1, -0.05) is 40.0 Å². The van der Waals surface area contributed by atoms with E-state index >= 15 is 0 Å². The molecule has 1 heterocycles. The number of nitrogens with one attached hydrogen (secondary N) is 1. The summed E-state index contributed by atoms with van der Waals surface area (Å²) in [5.41, 5.74) is 2.61. The molecule has 0 bridgehead atoms. The highest BCUT2D eigenvalue weighted by molar-refractivity contribution is 5.15. The van der Waals surface area contributed by atoms with Crippen LogP contribution in [0.3, 0.4) is 0 Å². The molecule has 21 heavy (non-hydrogen) atoms. The summed E-state index contributed by atoms with van der Waals surface area (Å²) in [6, 6.07) is 2.81. The second kappa shape index (κ2) is 7.98. The monoisotopic (exact) mass is 291 g/mol. The molecule has 1 fully saturated rings. The predicted octanol–water partition coefficient (Wildman–Crippen LogP) is 4.24. The molecule has 2 rings (SSSR count). The van der Waals surface area contributed by atoms with Crippen molar-refractivity contribution in [3.8, 4) is 0 Å². The second-order valence-corrected chi connectivity index (χ2v) is 6.66. The summed E-state index contributed by atoms with van der Waals surface area (Å²) in [7, 11) is 2.10. The number of nitrogens with zero attached hydrogens (tertiary/aromatic N) is 2. The highest BCUT2D eigenvalue weighted by Crippen LogP contribution is 2.38. The van der Waals surface area contributed by atoms with Gasteiger partial charge in [-0.2, -0.15) is 5.10 Å². The van der Waals surface area contributed by atoms with Gasteiger partial charge in [-0.15, -0.1) is 0 Å². The van der Waals surface area contributed by atoms with E-state index in [1.165, 1.54) is 49.9 Å². The summed E-state index contributed by atoms with van der Waals surface area (Å²) < 4.78 is 2.11. The molecule has 0 aromatic carbocycles.